The molecule has 3 amide bonds. The number of anilines is 1. The van der Waals surface area contributed by atoms with Crippen LogP contribution in [0.3, 0.4) is 0 Å². The summed E-state index contributed by atoms with van der Waals surface area (Å²) in [5.41, 5.74) is 3.10. The summed E-state index contributed by atoms with van der Waals surface area (Å²) in [5, 5.41) is 3.26. The molecule has 0 radical (unpaired) electrons. The van der Waals surface area contributed by atoms with Crippen LogP contribution < -0.4 is 14.8 Å². The van der Waals surface area contributed by atoms with Crippen molar-refractivity contribution in [3.63, 3.8) is 0 Å². The Kier molecular flexibility index (Phi) is 9.22. The smallest absolute Gasteiger partial charge is 0.293 e. The van der Waals surface area contributed by atoms with E-state index in [9.17, 15) is 14.4 Å². The maximum Gasteiger partial charge on any atom is 0.293 e. The highest BCUT2D eigenvalue weighted by molar-refractivity contribution is 8.18. The number of carbonyl (C=O) groups is 3. The van der Waals surface area contributed by atoms with Gasteiger partial charge in [-0.3, -0.25) is 19.3 Å². The van der Waals surface area contributed by atoms with Crippen LogP contribution >= 0.6 is 35.0 Å². The second kappa shape index (κ2) is 12.6. The van der Waals surface area contributed by atoms with Crippen LogP contribution in [0.25, 0.3) is 6.08 Å². The van der Waals surface area contributed by atoms with Gasteiger partial charge in [0.1, 0.15) is 0 Å². The van der Waals surface area contributed by atoms with Crippen LogP contribution in [0.15, 0.2) is 65.6 Å². The number of halogens is 2. The monoisotopic (exact) mass is 584 g/mol. The molecule has 39 heavy (non-hydrogen) atoms. The number of methoxy groups -OCH3 is 1. The van der Waals surface area contributed by atoms with E-state index >= 15 is 0 Å². The van der Waals surface area contributed by atoms with Crippen LogP contribution in [0.2, 0.25) is 10.0 Å². The van der Waals surface area contributed by atoms with Crippen molar-refractivity contribution in [3.8, 4) is 11.5 Å². The fourth-order valence-corrected chi connectivity index (χ4v) is 5.10. The number of nitrogens with zero attached hydrogens (tertiary/aromatic N) is 1. The number of hydrogen-bond acceptors (Lipinski definition) is 6. The molecule has 0 atom stereocenters. The SMILES string of the molecule is COc1cc(/C=C2\SC(=O)N(Cc3ccc(Cl)c(Cl)c3)C2=O)ccc1OCC(=O)Nc1ccccc1C(C)C. The maximum absolute atomic E-state index is 12.9. The van der Waals surface area contributed by atoms with E-state index in [2.05, 4.69) is 19.2 Å². The van der Waals surface area contributed by atoms with Crippen LogP contribution in [-0.4, -0.2) is 35.7 Å². The largest absolute Gasteiger partial charge is 0.493 e. The summed E-state index contributed by atoms with van der Waals surface area (Å²) < 4.78 is 11.2. The lowest BCUT2D eigenvalue weighted by atomic mass is 10.0. The predicted octanol–water partition coefficient (Wildman–Crippen LogP) is 7.38. The summed E-state index contributed by atoms with van der Waals surface area (Å²) in [7, 11) is 1.48. The number of nitrogens with one attached hydrogen (secondary N) is 1. The zero-order chi connectivity index (χ0) is 28.1. The average molecular weight is 586 g/mol. The molecule has 0 saturated carbocycles. The Hall–Kier alpha value is -3.46. The normalized spacial score (nSPS) is 14.3. The Balaban J connectivity index is 1.42. The highest BCUT2D eigenvalue weighted by Gasteiger charge is 2.35. The molecule has 1 saturated heterocycles. The second-order valence-corrected chi connectivity index (χ2v) is 10.8. The van der Waals surface area contributed by atoms with E-state index in [-0.39, 0.29) is 35.1 Å². The van der Waals surface area contributed by atoms with Crippen LogP contribution in [0.4, 0.5) is 10.5 Å². The maximum atomic E-state index is 12.9. The van der Waals surface area contributed by atoms with Gasteiger partial charge in [0.25, 0.3) is 17.1 Å². The Morgan fingerprint density at radius 3 is 2.51 bits per heavy atom. The Morgan fingerprint density at radius 2 is 1.79 bits per heavy atom. The van der Waals surface area contributed by atoms with Gasteiger partial charge in [0.2, 0.25) is 0 Å². The van der Waals surface area contributed by atoms with E-state index in [1.54, 1.807) is 42.5 Å². The highest BCUT2D eigenvalue weighted by atomic mass is 35.5. The number of para-hydroxylation sites is 1. The molecule has 0 bridgehead atoms. The topological polar surface area (TPSA) is 84.9 Å². The Morgan fingerprint density at radius 1 is 1.03 bits per heavy atom. The van der Waals surface area contributed by atoms with Gasteiger partial charge in [-0.15, -0.1) is 0 Å². The van der Waals surface area contributed by atoms with Crippen molar-refractivity contribution in [1.29, 1.82) is 0 Å². The van der Waals surface area contributed by atoms with Gasteiger partial charge in [-0.25, -0.2) is 0 Å². The molecule has 1 fully saturated rings. The number of carbonyl (C=O) groups excluding carboxylic acids is 3. The number of imide groups is 1. The average Bonchev–Trinajstić information content (AvgIpc) is 3.17. The summed E-state index contributed by atoms with van der Waals surface area (Å²) in [4.78, 5) is 39.5. The van der Waals surface area contributed by atoms with Gasteiger partial charge in [-0.2, -0.15) is 0 Å². The number of thioether (sulfide) groups is 1. The highest BCUT2D eigenvalue weighted by Crippen LogP contribution is 2.36. The van der Waals surface area contributed by atoms with E-state index < -0.39 is 5.91 Å². The van der Waals surface area contributed by atoms with Gasteiger partial charge in [0.05, 0.1) is 28.6 Å². The summed E-state index contributed by atoms with van der Waals surface area (Å²) in [6.07, 6.45) is 1.61. The second-order valence-electron chi connectivity index (χ2n) is 9.01. The van der Waals surface area contributed by atoms with Crippen molar-refractivity contribution in [1.82, 2.24) is 4.90 Å². The van der Waals surface area contributed by atoms with Crippen LogP contribution in [-0.2, 0) is 16.1 Å². The molecule has 1 heterocycles. The zero-order valence-corrected chi connectivity index (χ0v) is 23.8. The number of ether oxygens (including phenoxy) is 2. The number of benzene rings is 3. The molecule has 3 aromatic rings. The molecule has 0 spiro atoms. The number of hydrogen-bond donors (Lipinski definition) is 1. The third-order valence-electron chi connectivity index (χ3n) is 5.90. The van der Waals surface area contributed by atoms with E-state index in [1.807, 2.05) is 24.3 Å². The van der Waals surface area contributed by atoms with Crippen molar-refractivity contribution < 1.29 is 23.9 Å². The quantitative estimate of drug-likeness (QED) is 0.264. The lowest BCUT2D eigenvalue weighted by molar-refractivity contribution is -0.123. The molecule has 3 aromatic carbocycles. The fraction of sp³-hybridized carbons (Fsp3) is 0.207. The van der Waals surface area contributed by atoms with Crippen LogP contribution in [0.1, 0.15) is 36.5 Å². The van der Waals surface area contributed by atoms with Gasteiger partial charge >= 0.3 is 0 Å². The molecule has 202 valence electrons. The minimum atomic E-state index is -0.409. The van der Waals surface area contributed by atoms with E-state index in [0.29, 0.717) is 32.7 Å². The summed E-state index contributed by atoms with van der Waals surface area (Å²) in [5.74, 6) is 0.301. The molecule has 1 N–H and O–H groups in total. The minimum absolute atomic E-state index is 0.0820. The van der Waals surface area contributed by atoms with Crippen LogP contribution in [0, 0.1) is 0 Å². The predicted molar refractivity (Wildman–Crippen MR) is 156 cm³/mol. The first-order valence-corrected chi connectivity index (χ1v) is 13.6. The fourth-order valence-electron chi connectivity index (χ4n) is 3.95. The molecule has 4 rings (SSSR count). The van der Waals surface area contributed by atoms with Crippen molar-refractivity contribution in [2.24, 2.45) is 0 Å². The van der Waals surface area contributed by atoms with Crippen molar-refractivity contribution in [3.05, 3.63) is 92.3 Å². The van der Waals surface area contributed by atoms with E-state index in [0.717, 1.165) is 27.9 Å². The van der Waals surface area contributed by atoms with Crippen LogP contribution in [0.5, 0.6) is 11.5 Å². The summed E-state index contributed by atoms with van der Waals surface area (Å²) in [6.45, 7) is 3.99. The molecule has 1 aliphatic rings. The number of rotatable bonds is 9. The van der Waals surface area contributed by atoms with Gasteiger partial charge in [0.15, 0.2) is 18.1 Å². The molecular formula is C29H26Cl2N2O5S. The van der Waals surface area contributed by atoms with Crippen molar-refractivity contribution in [2.75, 3.05) is 19.0 Å². The molecule has 0 unspecified atom stereocenters. The van der Waals surface area contributed by atoms with Gasteiger partial charge in [-0.05, 0) is 70.8 Å². The lowest BCUT2D eigenvalue weighted by Crippen LogP contribution is -2.27. The first-order chi connectivity index (χ1) is 18.7. The summed E-state index contributed by atoms with van der Waals surface area (Å²) >= 11 is 12.9. The van der Waals surface area contributed by atoms with Gasteiger partial charge < -0.3 is 14.8 Å². The van der Waals surface area contributed by atoms with Crippen molar-refractivity contribution in [2.45, 2.75) is 26.3 Å². The van der Waals surface area contributed by atoms with Gasteiger partial charge in [0, 0.05) is 5.69 Å². The molecule has 1 aliphatic heterocycles. The standard InChI is InChI=1S/C29H26Cl2N2O5S/c1-17(2)20-6-4-5-7-23(20)32-27(34)16-38-24-11-9-18(13-25(24)37-3)14-26-28(35)33(29(36)39-26)15-19-8-10-21(30)22(31)12-19/h4-14,17H,15-16H2,1-3H3,(H,32,34)/b26-14-. The third kappa shape index (κ3) is 6.95. The number of amides is 3. The van der Waals surface area contributed by atoms with E-state index in [1.165, 1.54) is 7.11 Å². The van der Waals surface area contributed by atoms with Crippen molar-refractivity contribution >= 4 is 63.8 Å². The Bertz CT molecular complexity index is 1460. The minimum Gasteiger partial charge on any atom is -0.493 e. The van der Waals surface area contributed by atoms with E-state index in [4.69, 9.17) is 32.7 Å². The molecule has 7 nitrogen and oxygen atoms in total. The lowest BCUT2D eigenvalue weighted by Gasteiger charge is -2.15. The molecule has 0 aliphatic carbocycles. The first kappa shape index (κ1) is 28.5. The van der Waals surface area contributed by atoms with Gasteiger partial charge in [-0.1, -0.05) is 67.4 Å². The molecular weight excluding hydrogens is 559 g/mol. The Labute approximate surface area is 241 Å². The first-order valence-electron chi connectivity index (χ1n) is 12.0. The molecule has 10 heteroatoms. The third-order valence-corrected chi connectivity index (χ3v) is 7.55. The zero-order valence-electron chi connectivity index (χ0n) is 21.5. The molecule has 0 aromatic heterocycles. The summed E-state index contributed by atoms with van der Waals surface area (Å²) in [6, 6.07) is 17.6.